The maximum Gasteiger partial charge on any atom is 0.311 e. The van der Waals surface area contributed by atoms with Gasteiger partial charge < -0.3 is 74.4 Å². The summed E-state index contributed by atoms with van der Waals surface area (Å²) < 4.78 is 37.7. The molecule has 2 saturated heterocycles. The molecular weight excluding hydrogens is 871 g/mol. The van der Waals surface area contributed by atoms with Crippen LogP contribution in [-0.2, 0) is 33.2 Å². The highest BCUT2D eigenvalue weighted by atomic mass is 32.1. The maximum atomic E-state index is 14.5. The standard InChI is InChI=1S/C48H95N5O12S/c1-16-38-48(12,59)42(56)34(8)53(25-20-23-50-46(66)49-22-19-24-52(17-2)18-3)29-30(4)28-47(11,58)43(65-45-40(55)37(51(13)14)27-31(5)61-45)32(6)41(33(7)44(57)63-38)64-39(21-26-60-15)62-36(10)35(9)54/h30-43,45,54-56,58-59H,16-29H2,1-15H3,(H2,49,50,66)/t30-,31-,32+,33-,34-,35-,36+,37+,38-,39+,40-,41+,42-,43-,45+,47-,48-/m1/s1. The Balaban J connectivity index is 2.65. The van der Waals surface area contributed by atoms with Gasteiger partial charge in [-0.25, -0.2) is 0 Å². The van der Waals surface area contributed by atoms with Gasteiger partial charge in [0.1, 0.15) is 23.9 Å². The molecule has 66 heavy (non-hydrogen) atoms. The number of nitrogens with zero attached hydrogens (tertiary/aromatic N) is 3. The van der Waals surface area contributed by atoms with Gasteiger partial charge in [-0.05, 0) is 132 Å². The molecule has 2 fully saturated rings. The quantitative estimate of drug-likeness (QED) is 0.0360. The molecule has 0 aromatic heterocycles. The van der Waals surface area contributed by atoms with Gasteiger partial charge in [-0.2, -0.15) is 0 Å². The Morgan fingerprint density at radius 3 is 2.20 bits per heavy atom. The van der Waals surface area contributed by atoms with E-state index in [-0.39, 0.29) is 43.9 Å². The van der Waals surface area contributed by atoms with Crippen LogP contribution in [-0.4, -0.2) is 210 Å². The second-order valence-electron chi connectivity index (χ2n) is 20.0. The van der Waals surface area contributed by atoms with Crippen molar-refractivity contribution in [3.63, 3.8) is 0 Å². The average Bonchev–Trinajstić information content (AvgIpc) is 3.25. The van der Waals surface area contributed by atoms with Gasteiger partial charge in [-0.15, -0.1) is 0 Å². The summed E-state index contributed by atoms with van der Waals surface area (Å²) in [5.41, 5.74) is -3.49. The van der Waals surface area contributed by atoms with Gasteiger partial charge in [0.15, 0.2) is 17.7 Å². The lowest BCUT2D eigenvalue weighted by Crippen LogP contribution is -2.59. The van der Waals surface area contributed by atoms with E-state index in [1.54, 1.807) is 41.7 Å². The zero-order valence-corrected chi connectivity index (χ0v) is 44.2. The number of thiocarbonyl (C=S) groups is 1. The fourth-order valence-electron chi connectivity index (χ4n) is 9.63. The Morgan fingerprint density at radius 2 is 1.64 bits per heavy atom. The smallest absolute Gasteiger partial charge is 0.311 e. The van der Waals surface area contributed by atoms with E-state index >= 15 is 0 Å². The molecule has 2 rings (SSSR count). The highest BCUT2D eigenvalue weighted by Crippen LogP contribution is 2.38. The third-order valence-electron chi connectivity index (χ3n) is 13.9. The molecule has 17 atom stereocenters. The molecule has 0 amide bonds. The Hall–Kier alpha value is -1.36. The van der Waals surface area contributed by atoms with E-state index in [0.717, 1.165) is 32.6 Å². The summed E-state index contributed by atoms with van der Waals surface area (Å²) >= 11 is 5.58. The Bertz CT molecular complexity index is 1380. The molecule has 0 unspecified atom stereocenters. The summed E-state index contributed by atoms with van der Waals surface area (Å²) in [4.78, 5) is 20.9. The van der Waals surface area contributed by atoms with E-state index in [0.29, 0.717) is 37.6 Å². The number of nitrogens with one attached hydrogen (secondary N) is 2. The van der Waals surface area contributed by atoms with Crippen molar-refractivity contribution in [3.8, 4) is 0 Å². The number of esters is 1. The number of hydrogen-bond donors (Lipinski definition) is 7. The largest absolute Gasteiger partial charge is 0.459 e. The van der Waals surface area contributed by atoms with Gasteiger partial charge in [-0.3, -0.25) is 9.69 Å². The SMILES string of the molecule is CC[C@H]1OC(=O)[C@H](C)[C@@H](O[C@@H](CCOC)O[C@@H](C)[C@@H](C)O)[C@H](C)[C@@H](O[C@@H]2O[C@H](C)C[C@H](N(C)C)[C@H]2O)[C@](C)(O)C[C@@H](C)CN(CCCNC(=S)NCCCN(CC)CC)[C@H](C)[C@@H](O)[C@]1(C)O. The van der Waals surface area contributed by atoms with Crippen LogP contribution in [0.2, 0.25) is 0 Å². The van der Waals surface area contributed by atoms with Gasteiger partial charge in [0, 0.05) is 57.7 Å². The monoisotopic (exact) mass is 966 g/mol. The first-order valence-corrected chi connectivity index (χ1v) is 25.2. The topological polar surface area (TPSA) is 207 Å². The molecule has 0 aromatic carbocycles. The van der Waals surface area contributed by atoms with Crippen LogP contribution in [0.4, 0.5) is 0 Å². The minimum atomic E-state index is -1.87. The van der Waals surface area contributed by atoms with Gasteiger partial charge >= 0.3 is 5.97 Å². The number of aliphatic hydroxyl groups is 5. The molecule has 0 aromatic rings. The number of rotatable bonds is 22. The van der Waals surface area contributed by atoms with Crippen molar-refractivity contribution in [2.75, 3.05) is 73.6 Å². The number of aliphatic hydroxyl groups excluding tert-OH is 3. The first-order chi connectivity index (χ1) is 30.9. The molecule has 2 aliphatic heterocycles. The molecule has 390 valence electrons. The molecule has 2 aliphatic rings. The van der Waals surface area contributed by atoms with Crippen LogP contribution in [0, 0.1) is 17.8 Å². The summed E-state index contributed by atoms with van der Waals surface area (Å²) in [6.45, 7) is 27.4. The lowest BCUT2D eigenvalue weighted by atomic mass is 9.77. The van der Waals surface area contributed by atoms with Crippen molar-refractivity contribution in [2.45, 2.75) is 206 Å². The van der Waals surface area contributed by atoms with Crippen LogP contribution in [0.1, 0.15) is 122 Å². The van der Waals surface area contributed by atoms with Gasteiger partial charge in [0.2, 0.25) is 0 Å². The second kappa shape index (κ2) is 29.1. The molecule has 17 nitrogen and oxygen atoms in total. The van der Waals surface area contributed by atoms with Crippen LogP contribution < -0.4 is 10.6 Å². The summed E-state index contributed by atoms with van der Waals surface area (Å²) in [7, 11) is 5.33. The Kier molecular flexibility index (Phi) is 26.8. The van der Waals surface area contributed by atoms with Crippen LogP contribution in [0.15, 0.2) is 0 Å². The lowest BCUT2D eigenvalue weighted by Gasteiger charge is -2.47. The predicted octanol–water partition coefficient (Wildman–Crippen LogP) is 3.10. The van der Waals surface area contributed by atoms with Gasteiger partial charge in [0.25, 0.3) is 0 Å². The van der Waals surface area contributed by atoms with Gasteiger partial charge in [-0.1, -0.05) is 34.6 Å². The molecule has 0 saturated carbocycles. The second-order valence-corrected chi connectivity index (χ2v) is 20.4. The molecular formula is C48H95N5O12S. The lowest BCUT2D eigenvalue weighted by molar-refractivity contribution is -0.306. The summed E-state index contributed by atoms with van der Waals surface area (Å²) in [6.07, 6.45) is -6.76. The molecule has 7 N–H and O–H groups in total. The number of ether oxygens (including phenoxy) is 6. The minimum Gasteiger partial charge on any atom is -0.459 e. The number of methoxy groups -OCH3 is 1. The fraction of sp³-hybridized carbons (Fsp3) is 0.958. The Labute approximate surface area is 403 Å². The highest BCUT2D eigenvalue weighted by Gasteiger charge is 2.51. The number of likely N-dealkylation sites (N-methyl/N-ethyl adjacent to an activating group) is 1. The summed E-state index contributed by atoms with van der Waals surface area (Å²) in [6, 6.07) is -0.910. The molecule has 18 heteroatoms. The molecule has 2 heterocycles. The number of carbonyl (C=O) groups excluding carboxylic acids is 1. The Morgan fingerprint density at radius 1 is 1.02 bits per heavy atom. The van der Waals surface area contributed by atoms with E-state index in [9.17, 15) is 30.3 Å². The van der Waals surface area contributed by atoms with E-state index in [1.165, 1.54) is 6.92 Å². The third-order valence-corrected chi connectivity index (χ3v) is 14.2. The fourth-order valence-corrected chi connectivity index (χ4v) is 9.83. The number of carbonyl (C=O) groups is 1. The van der Waals surface area contributed by atoms with Crippen molar-refractivity contribution in [1.82, 2.24) is 25.3 Å². The van der Waals surface area contributed by atoms with Crippen LogP contribution >= 0.6 is 12.2 Å². The van der Waals surface area contributed by atoms with Crippen molar-refractivity contribution < 1.29 is 58.7 Å². The van der Waals surface area contributed by atoms with Crippen LogP contribution in [0.5, 0.6) is 0 Å². The van der Waals surface area contributed by atoms with E-state index < -0.39 is 90.4 Å². The van der Waals surface area contributed by atoms with Crippen LogP contribution in [0.3, 0.4) is 0 Å². The first-order valence-electron chi connectivity index (χ1n) is 24.8. The van der Waals surface area contributed by atoms with Crippen molar-refractivity contribution in [3.05, 3.63) is 0 Å². The molecule has 0 spiro atoms. The average molecular weight is 966 g/mol. The minimum absolute atomic E-state index is 0.193. The van der Waals surface area contributed by atoms with E-state index in [1.807, 2.05) is 46.7 Å². The van der Waals surface area contributed by atoms with E-state index in [2.05, 4.69) is 34.3 Å². The first kappa shape index (κ1) is 60.8. The van der Waals surface area contributed by atoms with Crippen molar-refractivity contribution >= 4 is 23.3 Å². The van der Waals surface area contributed by atoms with Crippen molar-refractivity contribution in [2.24, 2.45) is 17.8 Å². The number of cyclic esters (lactones) is 1. The van der Waals surface area contributed by atoms with E-state index in [4.69, 9.17) is 40.6 Å². The predicted molar refractivity (Wildman–Crippen MR) is 261 cm³/mol. The zero-order valence-electron chi connectivity index (χ0n) is 43.4. The zero-order chi connectivity index (χ0) is 50.1. The highest BCUT2D eigenvalue weighted by molar-refractivity contribution is 7.80. The third kappa shape index (κ3) is 18.4. The summed E-state index contributed by atoms with van der Waals surface area (Å²) in [5.74, 6) is -2.75. The summed E-state index contributed by atoms with van der Waals surface area (Å²) in [5, 5.41) is 66.5. The van der Waals surface area contributed by atoms with Gasteiger partial charge in [0.05, 0.1) is 48.6 Å². The maximum absolute atomic E-state index is 14.5. The number of hydrogen-bond acceptors (Lipinski definition) is 16. The molecule has 0 aliphatic carbocycles. The normalized spacial score (nSPS) is 36.0. The van der Waals surface area contributed by atoms with Crippen molar-refractivity contribution in [1.29, 1.82) is 0 Å². The molecule has 0 radical (unpaired) electrons. The van der Waals surface area contributed by atoms with Crippen LogP contribution in [0.25, 0.3) is 0 Å². The molecule has 0 bridgehead atoms.